The molecule has 1 fully saturated rings. The fourth-order valence-electron chi connectivity index (χ4n) is 1.73. The number of halogens is 3. The molecule has 1 aromatic carbocycles. The monoisotopic (exact) mass is 278 g/mol. The predicted octanol–water partition coefficient (Wildman–Crippen LogP) is 2.95. The summed E-state index contributed by atoms with van der Waals surface area (Å²) in [6, 6.07) is 2.65. The average molecular weight is 278 g/mol. The number of benzene rings is 1. The van der Waals surface area contributed by atoms with Gasteiger partial charge in [0.15, 0.2) is 0 Å². The minimum Gasteiger partial charge on any atom is -0.301 e. The van der Waals surface area contributed by atoms with Crippen LogP contribution in [0.2, 0.25) is 0 Å². The van der Waals surface area contributed by atoms with Gasteiger partial charge in [-0.25, -0.2) is 0 Å². The predicted molar refractivity (Wildman–Crippen MR) is 61.3 cm³/mol. The lowest BCUT2D eigenvalue weighted by atomic mass is 10.1. The highest BCUT2D eigenvalue weighted by atomic mass is 32.2. The third kappa shape index (κ3) is 2.59. The van der Waals surface area contributed by atoms with E-state index in [0.29, 0.717) is 12.6 Å². The van der Waals surface area contributed by atoms with Crippen LogP contribution in [0.5, 0.6) is 0 Å². The number of thioether (sulfide) groups is 1. The van der Waals surface area contributed by atoms with Crippen molar-refractivity contribution in [1.29, 1.82) is 0 Å². The SMILES string of the molecule is O=[N+]([O-])c1cc(C(F)(F)F)ccc1C1NCCS1. The van der Waals surface area contributed by atoms with Gasteiger partial charge in [-0.15, -0.1) is 11.8 Å². The van der Waals surface area contributed by atoms with E-state index < -0.39 is 22.4 Å². The van der Waals surface area contributed by atoms with Gasteiger partial charge >= 0.3 is 6.18 Å². The maximum Gasteiger partial charge on any atom is 0.416 e. The first-order valence-corrected chi connectivity index (χ1v) is 6.15. The van der Waals surface area contributed by atoms with Gasteiger partial charge in [-0.1, -0.05) is 0 Å². The molecule has 1 heterocycles. The Balaban J connectivity index is 2.44. The van der Waals surface area contributed by atoms with Crippen LogP contribution in [0.1, 0.15) is 16.5 Å². The molecular weight excluding hydrogens is 269 g/mol. The second kappa shape index (κ2) is 4.77. The molecular formula is C10H9F3N2O2S. The van der Waals surface area contributed by atoms with Crippen LogP contribution in [0.15, 0.2) is 18.2 Å². The molecule has 4 nitrogen and oxygen atoms in total. The van der Waals surface area contributed by atoms with E-state index in [-0.39, 0.29) is 10.9 Å². The number of nitrogens with one attached hydrogen (secondary N) is 1. The Hall–Kier alpha value is -1.28. The van der Waals surface area contributed by atoms with Crippen molar-refractivity contribution >= 4 is 17.4 Å². The largest absolute Gasteiger partial charge is 0.416 e. The van der Waals surface area contributed by atoms with Crippen LogP contribution < -0.4 is 5.32 Å². The van der Waals surface area contributed by atoms with Crippen molar-refractivity contribution in [2.75, 3.05) is 12.3 Å². The molecule has 1 N–H and O–H groups in total. The van der Waals surface area contributed by atoms with Crippen molar-refractivity contribution in [1.82, 2.24) is 5.32 Å². The van der Waals surface area contributed by atoms with E-state index in [2.05, 4.69) is 5.32 Å². The number of rotatable bonds is 2. The minimum atomic E-state index is -4.57. The number of hydrogen-bond acceptors (Lipinski definition) is 4. The summed E-state index contributed by atoms with van der Waals surface area (Å²) in [5.74, 6) is 0.781. The molecule has 0 saturated carbocycles. The summed E-state index contributed by atoms with van der Waals surface area (Å²) in [5, 5.41) is 13.6. The molecule has 98 valence electrons. The Morgan fingerprint density at radius 3 is 2.67 bits per heavy atom. The Morgan fingerprint density at radius 1 is 1.44 bits per heavy atom. The molecule has 1 aliphatic rings. The summed E-state index contributed by atoms with van der Waals surface area (Å²) in [7, 11) is 0. The van der Waals surface area contributed by atoms with E-state index in [9.17, 15) is 23.3 Å². The fourth-order valence-corrected chi connectivity index (χ4v) is 2.81. The maximum absolute atomic E-state index is 12.5. The van der Waals surface area contributed by atoms with Crippen LogP contribution in [0.3, 0.4) is 0 Å². The highest BCUT2D eigenvalue weighted by Gasteiger charge is 2.34. The van der Waals surface area contributed by atoms with Gasteiger partial charge in [0.2, 0.25) is 0 Å². The van der Waals surface area contributed by atoms with Gasteiger partial charge in [0, 0.05) is 18.4 Å². The van der Waals surface area contributed by atoms with Gasteiger partial charge in [0.05, 0.1) is 21.4 Å². The molecule has 0 radical (unpaired) electrons. The van der Waals surface area contributed by atoms with Gasteiger partial charge in [-0.05, 0) is 12.1 Å². The molecule has 1 aliphatic heterocycles. The zero-order chi connectivity index (χ0) is 13.3. The fraction of sp³-hybridized carbons (Fsp3) is 0.400. The molecule has 0 bridgehead atoms. The maximum atomic E-state index is 12.5. The van der Waals surface area contributed by atoms with Gasteiger partial charge < -0.3 is 5.32 Å². The van der Waals surface area contributed by atoms with Crippen LogP contribution >= 0.6 is 11.8 Å². The highest BCUT2D eigenvalue weighted by molar-refractivity contribution is 7.99. The first kappa shape index (κ1) is 13.2. The minimum absolute atomic E-state index is 0.288. The zero-order valence-corrected chi connectivity index (χ0v) is 9.85. The Bertz CT molecular complexity index is 473. The van der Waals surface area contributed by atoms with Gasteiger partial charge in [0.1, 0.15) is 0 Å². The molecule has 1 unspecified atom stereocenters. The molecule has 8 heteroatoms. The summed E-state index contributed by atoms with van der Waals surface area (Å²) in [6.07, 6.45) is -4.57. The third-order valence-corrected chi connectivity index (χ3v) is 3.75. The van der Waals surface area contributed by atoms with Crippen LogP contribution in [0.4, 0.5) is 18.9 Å². The smallest absolute Gasteiger partial charge is 0.301 e. The molecule has 1 saturated heterocycles. The summed E-state index contributed by atoms with van der Waals surface area (Å²) >= 11 is 1.44. The van der Waals surface area contributed by atoms with E-state index in [0.717, 1.165) is 11.8 Å². The van der Waals surface area contributed by atoms with Gasteiger partial charge in [-0.3, -0.25) is 10.1 Å². The molecule has 0 aromatic heterocycles. The Labute approximate surface area is 105 Å². The van der Waals surface area contributed by atoms with Crippen molar-refractivity contribution in [2.24, 2.45) is 0 Å². The summed E-state index contributed by atoms with van der Waals surface area (Å²) in [4.78, 5) is 10.1. The van der Waals surface area contributed by atoms with Crippen LogP contribution in [-0.2, 0) is 6.18 Å². The van der Waals surface area contributed by atoms with Crippen LogP contribution in [-0.4, -0.2) is 17.2 Å². The first-order valence-electron chi connectivity index (χ1n) is 5.10. The highest BCUT2D eigenvalue weighted by Crippen LogP contribution is 2.39. The van der Waals surface area contributed by atoms with E-state index in [1.54, 1.807) is 0 Å². The number of alkyl halides is 3. The molecule has 0 spiro atoms. The van der Waals surface area contributed by atoms with Gasteiger partial charge in [-0.2, -0.15) is 13.2 Å². The van der Waals surface area contributed by atoms with Gasteiger partial charge in [0.25, 0.3) is 5.69 Å². The number of nitro groups is 1. The lowest BCUT2D eigenvalue weighted by Crippen LogP contribution is -2.14. The van der Waals surface area contributed by atoms with Crippen molar-refractivity contribution in [3.05, 3.63) is 39.4 Å². The van der Waals surface area contributed by atoms with Crippen molar-refractivity contribution in [2.45, 2.75) is 11.6 Å². The standard InChI is InChI=1S/C10H9F3N2O2S/c11-10(12,13)6-1-2-7(8(5-6)15(16)17)9-14-3-4-18-9/h1-2,5,9,14H,3-4H2. The topological polar surface area (TPSA) is 55.2 Å². The number of nitro benzene ring substituents is 1. The first-order chi connectivity index (χ1) is 8.39. The van der Waals surface area contributed by atoms with Crippen molar-refractivity contribution in [3.8, 4) is 0 Å². The van der Waals surface area contributed by atoms with E-state index in [1.165, 1.54) is 17.8 Å². The third-order valence-electron chi connectivity index (χ3n) is 2.55. The molecule has 18 heavy (non-hydrogen) atoms. The van der Waals surface area contributed by atoms with E-state index in [4.69, 9.17) is 0 Å². The van der Waals surface area contributed by atoms with E-state index in [1.807, 2.05) is 0 Å². The Morgan fingerprint density at radius 2 is 2.17 bits per heavy atom. The molecule has 2 rings (SSSR count). The van der Waals surface area contributed by atoms with Crippen molar-refractivity contribution < 1.29 is 18.1 Å². The van der Waals surface area contributed by atoms with Crippen LogP contribution in [0, 0.1) is 10.1 Å². The normalized spacial score (nSPS) is 20.1. The van der Waals surface area contributed by atoms with E-state index >= 15 is 0 Å². The zero-order valence-electron chi connectivity index (χ0n) is 9.03. The molecule has 1 aromatic rings. The molecule has 0 amide bonds. The Kier molecular flexibility index (Phi) is 3.49. The summed E-state index contributed by atoms with van der Waals surface area (Å²) < 4.78 is 37.5. The summed E-state index contributed by atoms with van der Waals surface area (Å²) in [5.41, 5.74) is -1.20. The number of hydrogen-bond donors (Lipinski definition) is 1. The average Bonchev–Trinajstić information content (AvgIpc) is 2.80. The summed E-state index contributed by atoms with van der Waals surface area (Å²) in [6.45, 7) is 0.688. The molecule has 1 atom stereocenters. The second-order valence-electron chi connectivity index (χ2n) is 3.73. The second-order valence-corrected chi connectivity index (χ2v) is 4.95. The lowest BCUT2D eigenvalue weighted by molar-refractivity contribution is -0.385. The lowest BCUT2D eigenvalue weighted by Gasteiger charge is -2.12. The van der Waals surface area contributed by atoms with Crippen molar-refractivity contribution in [3.63, 3.8) is 0 Å². The molecule has 0 aliphatic carbocycles. The quantitative estimate of drug-likeness (QED) is 0.667. The number of nitrogens with zero attached hydrogens (tertiary/aromatic N) is 1. The van der Waals surface area contributed by atoms with Crippen LogP contribution in [0.25, 0.3) is 0 Å².